The van der Waals surface area contributed by atoms with Crippen molar-refractivity contribution in [3.8, 4) is 0 Å². The van der Waals surface area contributed by atoms with Crippen LogP contribution in [0.4, 0.5) is 0 Å². The first-order chi connectivity index (χ1) is 14.2. The predicted octanol–water partition coefficient (Wildman–Crippen LogP) is 0.0849. The lowest BCUT2D eigenvalue weighted by Gasteiger charge is -2.22. The van der Waals surface area contributed by atoms with Gasteiger partial charge in [-0.05, 0) is 33.8 Å². The molecule has 3 N–H and O–H groups in total. The zero-order valence-corrected chi connectivity index (χ0v) is 19.2. The van der Waals surface area contributed by atoms with E-state index in [9.17, 15) is 32.8 Å². The molecule has 1 saturated heterocycles. The molecular weight excluding hydrogens is 455 g/mol. The van der Waals surface area contributed by atoms with Crippen molar-refractivity contribution in [2.45, 2.75) is 64.4 Å². The Bertz CT molecular complexity index is 1050. The molecule has 0 aromatic carbocycles. The number of nitrogens with zero attached hydrogens (tertiary/aromatic N) is 1. The number of H-pyrrole nitrogens is 1. The molecule has 0 unspecified atom stereocenters. The Morgan fingerprint density at radius 3 is 2.29 bits per heavy atom. The molecule has 1 aromatic heterocycles. The Kier molecular flexibility index (Phi) is 8.20. The Morgan fingerprint density at radius 1 is 1.19 bits per heavy atom. The molecular formula is C17H27N2O10PS. The number of sulfone groups is 1. The summed E-state index contributed by atoms with van der Waals surface area (Å²) in [6.45, 7) is 6.34. The number of hydrogen-bond acceptors (Lipinski definition) is 10. The number of rotatable bonds is 9. The van der Waals surface area contributed by atoms with Crippen LogP contribution in [-0.2, 0) is 28.2 Å². The van der Waals surface area contributed by atoms with Gasteiger partial charge in [0.15, 0.2) is 21.6 Å². The van der Waals surface area contributed by atoms with Gasteiger partial charge in [0.25, 0.3) is 5.56 Å². The third kappa shape index (κ3) is 6.94. The number of aromatic amines is 1. The fourth-order valence-electron chi connectivity index (χ4n) is 2.89. The van der Waals surface area contributed by atoms with E-state index in [1.54, 1.807) is 27.7 Å². The third-order valence-corrected chi connectivity index (χ3v) is 8.72. The first-order valence-electron chi connectivity index (χ1n) is 9.43. The Hall–Kier alpha value is -1.60. The fraction of sp³-hybridized carbons (Fsp3) is 0.647. The molecule has 1 aromatic rings. The van der Waals surface area contributed by atoms with E-state index in [2.05, 4.69) is 0 Å². The third-order valence-electron chi connectivity index (χ3n) is 3.96. The highest BCUT2D eigenvalue weighted by Gasteiger charge is 2.43. The maximum atomic E-state index is 12.8. The van der Waals surface area contributed by atoms with E-state index in [0.717, 1.165) is 22.9 Å². The van der Waals surface area contributed by atoms with Gasteiger partial charge in [0, 0.05) is 17.7 Å². The smallest absolute Gasteiger partial charge is 0.346 e. The zero-order chi connectivity index (χ0) is 23.6. The molecule has 2 rings (SSSR count). The second kappa shape index (κ2) is 9.90. The first kappa shape index (κ1) is 25.7. The second-order valence-corrected chi connectivity index (χ2v) is 11.8. The molecule has 4 atom stereocenters. The van der Waals surface area contributed by atoms with Gasteiger partial charge in [-0.2, -0.15) is 0 Å². The molecule has 1 fully saturated rings. The molecule has 0 bridgehead atoms. The van der Waals surface area contributed by atoms with E-state index in [1.807, 2.05) is 4.98 Å². The van der Waals surface area contributed by atoms with E-state index in [-0.39, 0.29) is 0 Å². The molecule has 176 valence electrons. The molecule has 14 heteroatoms. The van der Waals surface area contributed by atoms with Crippen LogP contribution >= 0.6 is 7.60 Å². The van der Waals surface area contributed by atoms with Gasteiger partial charge < -0.3 is 24.0 Å². The number of nitrogens with one attached hydrogen (secondary N) is 1. The lowest BCUT2D eigenvalue weighted by Crippen LogP contribution is -2.37. The Balaban J connectivity index is 2.20. The van der Waals surface area contributed by atoms with Gasteiger partial charge in [-0.25, -0.2) is 13.2 Å². The highest BCUT2D eigenvalue weighted by Crippen LogP contribution is 2.51. The summed E-state index contributed by atoms with van der Waals surface area (Å²) < 4.78 is 54.5. The number of aromatic nitrogens is 2. The van der Waals surface area contributed by atoms with Crippen LogP contribution in [-0.4, -0.2) is 64.2 Å². The average molecular weight is 482 g/mol. The van der Waals surface area contributed by atoms with Crippen LogP contribution in [0.1, 0.15) is 33.9 Å². The largest absolute Gasteiger partial charge is 0.387 e. The van der Waals surface area contributed by atoms with Crippen LogP contribution in [0.3, 0.4) is 0 Å². The number of hydrogen-bond donors (Lipinski definition) is 3. The highest BCUT2D eigenvalue weighted by molar-refractivity contribution is 8.00. The first-order valence-corrected chi connectivity index (χ1v) is 12.9. The van der Waals surface area contributed by atoms with E-state index in [1.165, 1.54) is 0 Å². The fourth-order valence-corrected chi connectivity index (χ4v) is 7.21. The monoisotopic (exact) mass is 482 g/mol. The van der Waals surface area contributed by atoms with Crippen molar-refractivity contribution in [3.05, 3.63) is 44.6 Å². The number of ether oxygens (including phenoxy) is 1. The summed E-state index contributed by atoms with van der Waals surface area (Å²) in [5, 5.41) is 21.1. The van der Waals surface area contributed by atoms with Crippen LogP contribution in [0.25, 0.3) is 0 Å². The van der Waals surface area contributed by atoms with E-state index < -0.39 is 70.9 Å². The van der Waals surface area contributed by atoms with Gasteiger partial charge in [-0.15, -0.1) is 0 Å². The second-order valence-electron chi connectivity index (χ2n) is 7.53. The Morgan fingerprint density at radius 2 is 1.77 bits per heavy atom. The van der Waals surface area contributed by atoms with E-state index in [0.29, 0.717) is 5.41 Å². The van der Waals surface area contributed by atoms with E-state index in [4.69, 9.17) is 13.8 Å². The summed E-state index contributed by atoms with van der Waals surface area (Å²) in [7, 11) is -8.12. The van der Waals surface area contributed by atoms with Crippen LogP contribution in [0.5, 0.6) is 0 Å². The molecule has 31 heavy (non-hydrogen) atoms. The van der Waals surface area contributed by atoms with Crippen LogP contribution in [0.2, 0.25) is 0 Å². The number of aliphatic hydroxyl groups is 2. The topological polar surface area (TPSA) is 174 Å². The molecule has 12 nitrogen and oxygen atoms in total. The van der Waals surface area contributed by atoms with Crippen LogP contribution in [0, 0.1) is 0 Å². The summed E-state index contributed by atoms with van der Waals surface area (Å²) in [6.07, 6.45) is -4.86. The summed E-state index contributed by atoms with van der Waals surface area (Å²) in [6, 6.07) is 1.03. The predicted molar refractivity (Wildman–Crippen MR) is 110 cm³/mol. The average Bonchev–Trinajstić information content (AvgIpc) is 2.86. The summed E-state index contributed by atoms with van der Waals surface area (Å²) in [4.78, 5) is 25.1. The molecule has 0 radical (unpaired) electrons. The standard InChI is InChI=1S/C17H27N2O10PS/c1-10(2)28-30(24,29-11(3)4)9-31(25,26)8-6-12-14(21)15(22)16(27-12)19-7-5-13(20)18-17(19)23/h5-8,10-12,14-16,21-22H,9H2,1-4H3,(H,18,20,23)/b8-6+/t12-,14-,15-,16-/m1/s1. The summed E-state index contributed by atoms with van der Waals surface area (Å²) in [5.74, 6) is 0. The zero-order valence-electron chi connectivity index (χ0n) is 17.4. The quantitative estimate of drug-likeness (QED) is 0.409. The van der Waals surface area contributed by atoms with Crippen molar-refractivity contribution in [2.24, 2.45) is 0 Å². The summed E-state index contributed by atoms with van der Waals surface area (Å²) >= 11 is 0. The summed E-state index contributed by atoms with van der Waals surface area (Å²) in [5.41, 5.74) is -2.46. The molecule has 0 spiro atoms. The molecule has 1 aliphatic rings. The van der Waals surface area contributed by atoms with Gasteiger partial charge in [0.1, 0.15) is 18.3 Å². The van der Waals surface area contributed by atoms with E-state index >= 15 is 0 Å². The maximum Gasteiger partial charge on any atom is 0.346 e. The van der Waals surface area contributed by atoms with Crippen LogP contribution in [0.15, 0.2) is 33.3 Å². The van der Waals surface area contributed by atoms with Crippen molar-refractivity contribution in [1.82, 2.24) is 9.55 Å². The van der Waals surface area contributed by atoms with Gasteiger partial charge in [0.05, 0.1) is 12.2 Å². The molecule has 0 amide bonds. The molecule has 1 aliphatic heterocycles. The molecule has 2 heterocycles. The lowest BCUT2D eigenvalue weighted by atomic mass is 10.1. The normalized spacial score (nSPS) is 25.2. The van der Waals surface area contributed by atoms with Crippen molar-refractivity contribution in [2.75, 3.05) is 5.49 Å². The highest BCUT2D eigenvalue weighted by atomic mass is 32.2. The van der Waals surface area contributed by atoms with Crippen LogP contribution < -0.4 is 11.2 Å². The number of aliphatic hydroxyl groups excluding tert-OH is 2. The molecule has 0 aliphatic carbocycles. The lowest BCUT2D eigenvalue weighted by molar-refractivity contribution is -0.0296. The van der Waals surface area contributed by atoms with Crippen molar-refractivity contribution < 1.29 is 37.0 Å². The minimum Gasteiger partial charge on any atom is -0.387 e. The minimum atomic E-state index is -4.14. The maximum absolute atomic E-state index is 12.8. The van der Waals surface area contributed by atoms with Crippen molar-refractivity contribution >= 4 is 17.4 Å². The van der Waals surface area contributed by atoms with Crippen molar-refractivity contribution in [1.29, 1.82) is 0 Å². The minimum absolute atomic E-state index is 0.546. The van der Waals surface area contributed by atoms with Gasteiger partial charge in [-0.1, -0.05) is 0 Å². The Labute approximate surface area is 178 Å². The van der Waals surface area contributed by atoms with Gasteiger partial charge >= 0.3 is 13.3 Å². The molecule has 0 saturated carbocycles. The van der Waals surface area contributed by atoms with Gasteiger partial charge in [0.2, 0.25) is 0 Å². The van der Waals surface area contributed by atoms with Gasteiger partial charge in [-0.3, -0.25) is 18.9 Å². The van der Waals surface area contributed by atoms with Crippen molar-refractivity contribution in [3.63, 3.8) is 0 Å². The SMILES string of the molecule is CC(C)OP(=O)(CS(=O)(=O)/C=C/[C@H]1O[C@@H](n2ccc(=O)[nH]c2=O)[C@H](O)[C@@H]1O)OC(C)C.